The number of thiazole rings is 1. The maximum Gasteiger partial charge on any atom is 0.339 e. The summed E-state index contributed by atoms with van der Waals surface area (Å²) in [4.78, 5) is 19.7. The highest BCUT2D eigenvalue weighted by molar-refractivity contribution is 7.09. The van der Waals surface area contributed by atoms with Crippen molar-refractivity contribution >= 4 is 17.4 Å². The van der Waals surface area contributed by atoms with Crippen molar-refractivity contribution in [3.8, 4) is 0 Å². The van der Waals surface area contributed by atoms with Gasteiger partial charge >= 0.3 is 6.03 Å². The summed E-state index contributed by atoms with van der Waals surface area (Å²) in [6.45, 7) is 2.47. The van der Waals surface area contributed by atoms with Gasteiger partial charge in [-0.3, -0.25) is 4.84 Å². The topological polar surface area (TPSA) is 63.2 Å². The van der Waals surface area contributed by atoms with Crippen LogP contribution in [0.4, 0.5) is 4.79 Å². The van der Waals surface area contributed by atoms with E-state index in [4.69, 9.17) is 0 Å². The molecule has 0 unspecified atom stereocenters. The van der Waals surface area contributed by atoms with E-state index in [1.165, 1.54) is 7.11 Å². The maximum absolute atomic E-state index is 10.9. The van der Waals surface area contributed by atoms with Crippen LogP contribution >= 0.6 is 11.3 Å². The Hall–Kier alpha value is -1.14. The van der Waals surface area contributed by atoms with Crippen molar-refractivity contribution in [2.45, 2.75) is 19.9 Å². The lowest BCUT2D eigenvalue weighted by Gasteiger charge is -2.02. The first kappa shape index (κ1) is 10.9. The van der Waals surface area contributed by atoms with Gasteiger partial charge in [0, 0.05) is 5.38 Å². The average molecular weight is 215 g/mol. The molecule has 0 radical (unpaired) electrons. The second-order valence-electron chi connectivity index (χ2n) is 2.57. The molecule has 0 atom stereocenters. The number of nitrogens with zero attached hydrogens (tertiary/aromatic N) is 1. The summed E-state index contributed by atoms with van der Waals surface area (Å²) < 4.78 is 0. The zero-order chi connectivity index (χ0) is 10.4. The van der Waals surface area contributed by atoms with Crippen molar-refractivity contribution in [3.05, 3.63) is 16.1 Å². The van der Waals surface area contributed by atoms with E-state index in [9.17, 15) is 4.79 Å². The Kier molecular flexibility index (Phi) is 4.34. The van der Waals surface area contributed by atoms with Crippen LogP contribution in [0.15, 0.2) is 5.38 Å². The molecular formula is C8H13N3O2S. The monoisotopic (exact) mass is 215 g/mol. The minimum absolute atomic E-state index is 0.362. The van der Waals surface area contributed by atoms with Gasteiger partial charge in [0.1, 0.15) is 0 Å². The molecule has 0 bridgehead atoms. The van der Waals surface area contributed by atoms with Gasteiger partial charge in [0.05, 0.1) is 24.4 Å². The number of rotatable bonds is 4. The number of hydroxylamine groups is 1. The predicted octanol–water partition coefficient (Wildman–Crippen LogP) is 1.07. The zero-order valence-corrected chi connectivity index (χ0v) is 8.98. The van der Waals surface area contributed by atoms with E-state index in [0.29, 0.717) is 6.54 Å². The highest BCUT2D eigenvalue weighted by Gasteiger charge is 2.02. The standard InChI is InChI=1S/C8H13N3O2S/c1-3-7-10-6(5-14-7)4-9-8(12)11-13-2/h5H,3-4H2,1-2H3,(H2,9,11,12). The number of carbonyl (C=O) groups is 1. The Bertz CT molecular complexity index is 301. The highest BCUT2D eigenvalue weighted by Crippen LogP contribution is 2.09. The molecule has 78 valence electrons. The van der Waals surface area contributed by atoms with Crippen molar-refractivity contribution in [2.75, 3.05) is 7.11 Å². The lowest BCUT2D eigenvalue weighted by atomic mass is 10.4. The van der Waals surface area contributed by atoms with Crippen LogP contribution in [0.2, 0.25) is 0 Å². The van der Waals surface area contributed by atoms with Crippen LogP contribution in [0.5, 0.6) is 0 Å². The molecule has 5 nitrogen and oxygen atoms in total. The zero-order valence-electron chi connectivity index (χ0n) is 8.16. The fourth-order valence-electron chi connectivity index (χ4n) is 0.892. The van der Waals surface area contributed by atoms with Crippen LogP contribution in [0.1, 0.15) is 17.6 Å². The molecule has 0 spiro atoms. The second-order valence-corrected chi connectivity index (χ2v) is 3.52. The first-order chi connectivity index (χ1) is 6.76. The summed E-state index contributed by atoms with van der Waals surface area (Å²) in [5, 5.41) is 5.62. The van der Waals surface area contributed by atoms with Gasteiger partial charge in [-0.2, -0.15) is 0 Å². The van der Waals surface area contributed by atoms with Crippen LogP contribution in [-0.2, 0) is 17.8 Å². The minimum atomic E-state index is -0.362. The van der Waals surface area contributed by atoms with E-state index in [0.717, 1.165) is 17.1 Å². The molecule has 14 heavy (non-hydrogen) atoms. The molecule has 0 saturated heterocycles. The lowest BCUT2D eigenvalue weighted by Crippen LogP contribution is -2.34. The first-order valence-electron chi connectivity index (χ1n) is 4.26. The fraction of sp³-hybridized carbons (Fsp3) is 0.500. The van der Waals surface area contributed by atoms with Gasteiger partial charge < -0.3 is 5.32 Å². The molecule has 0 aliphatic carbocycles. The Morgan fingerprint density at radius 3 is 3.07 bits per heavy atom. The van der Waals surface area contributed by atoms with Crippen LogP contribution in [0.3, 0.4) is 0 Å². The molecule has 0 aliphatic heterocycles. The van der Waals surface area contributed by atoms with Crippen molar-refractivity contribution in [3.63, 3.8) is 0 Å². The van der Waals surface area contributed by atoms with Crippen molar-refractivity contribution in [1.29, 1.82) is 0 Å². The maximum atomic E-state index is 10.9. The SMILES string of the molecule is CCc1nc(CNC(=O)NOC)cs1. The Labute approximate surface area is 86.4 Å². The molecule has 1 aromatic rings. The molecule has 1 heterocycles. The van der Waals surface area contributed by atoms with Crippen LogP contribution in [-0.4, -0.2) is 18.1 Å². The van der Waals surface area contributed by atoms with Gasteiger partial charge in [0.25, 0.3) is 0 Å². The van der Waals surface area contributed by atoms with Crippen LogP contribution < -0.4 is 10.8 Å². The number of hydrogen-bond acceptors (Lipinski definition) is 4. The van der Waals surface area contributed by atoms with Crippen LogP contribution in [0.25, 0.3) is 0 Å². The summed E-state index contributed by atoms with van der Waals surface area (Å²) in [5.74, 6) is 0. The summed E-state index contributed by atoms with van der Waals surface area (Å²) in [6.07, 6.45) is 0.926. The summed E-state index contributed by atoms with van der Waals surface area (Å²) in [6, 6.07) is -0.362. The molecule has 0 saturated carbocycles. The molecule has 0 fully saturated rings. The van der Waals surface area contributed by atoms with E-state index in [-0.39, 0.29) is 6.03 Å². The molecule has 6 heteroatoms. The number of aryl methyl sites for hydroxylation is 1. The fourth-order valence-corrected chi connectivity index (χ4v) is 1.64. The lowest BCUT2D eigenvalue weighted by molar-refractivity contribution is 0.107. The average Bonchev–Trinajstić information content (AvgIpc) is 2.63. The summed E-state index contributed by atoms with van der Waals surface area (Å²) >= 11 is 1.60. The third-order valence-electron chi connectivity index (χ3n) is 1.53. The van der Waals surface area contributed by atoms with E-state index in [2.05, 4.69) is 20.6 Å². The van der Waals surface area contributed by atoms with Gasteiger partial charge in [0.15, 0.2) is 0 Å². The molecule has 2 N–H and O–H groups in total. The smallest absolute Gasteiger partial charge is 0.331 e. The van der Waals surface area contributed by atoms with Crippen molar-refractivity contribution < 1.29 is 9.63 Å². The molecule has 2 amide bonds. The van der Waals surface area contributed by atoms with Gasteiger partial charge in [0.2, 0.25) is 0 Å². The number of urea groups is 1. The normalized spacial score (nSPS) is 9.86. The van der Waals surface area contributed by atoms with Crippen LogP contribution in [0, 0.1) is 0 Å². The highest BCUT2D eigenvalue weighted by atomic mass is 32.1. The number of amides is 2. The van der Waals surface area contributed by atoms with Crippen molar-refractivity contribution in [2.24, 2.45) is 0 Å². The van der Waals surface area contributed by atoms with E-state index < -0.39 is 0 Å². The first-order valence-corrected chi connectivity index (χ1v) is 5.14. The minimum Gasteiger partial charge on any atom is -0.331 e. The van der Waals surface area contributed by atoms with E-state index >= 15 is 0 Å². The Morgan fingerprint density at radius 1 is 1.71 bits per heavy atom. The Balaban J connectivity index is 2.34. The second kappa shape index (κ2) is 5.56. The summed E-state index contributed by atoms with van der Waals surface area (Å²) in [5.41, 5.74) is 3.04. The van der Waals surface area contributed by atoms with Gasteiger partial charge in [-0.15, -0.1) is 11.3 Å². The van der Waals surface area contributed by atoms with E-state index in [1.54, 1.807) is 11.3 Å². The predicted molar refractivity (Wildman–Crippen MR) is 53.9 cm³/mol. The molecule has 0 aliphatic rings. The number of aromatic nitrogens is 1. The van der Waals surface area contributed by atoms with Gasteiger partial charge in [-0.25, -0.2) is 15.3 Å². The quantitative estimate of drug-likeness (QED) is 0.738. The molecule has 0 aromatic carbocycles. The van der Waals surface area contributed by atoms with Gasteiger partial charge in [-0.1, -0.05) is 6.92 Å². The summed E-state index contributed by atoms with van der Waals surface area (Å²) in [7, 11) is 1.39. The molecule has 1 rings (SSSR count). The molecule has 1 aromatic heterocycles. The van der Waals surface area contributed by atoms with E-state index in [1.807, 2.05) is 12.3 Å². The third kappa shape index (κ3) is 3.31. The molecular weight excluding hydrogens is 202 g/mol. The number of nitrogens with one attached hydrogen (secondary N) is 2. The van der Waals surface area contributed by atoms with Gasteiger partial charge in [-0.05, 0) is 6.42 Å². The number of carbonyl (C=O) groups excluding carboxylic acids is 1. The van der Waals surface area contributed by atoms with Crippen molar-refractivity contribution in [1.82, 2.24) is 15.8 Å². The Morgan fingerprint density at radius 2 is 2.50 bits per heavy atom. The number of hydrogen-bond donors (Lipinski definition) is 2. The largest absolute Gasteiger partial charge is 0.339 e. The third-order valence-corrected chi connectivity index (χ3v) is 2.57.